The van der Waals surface area contributed by atoms with Crippen LogP contribution in [0.3, 0.4) is 0 Å². The number of carbonyl (C=O) groups is 1. The van der Waals surface area contributed by atoms with Gasteiger partial charge in [0.15, 0.2) is 0 Å². The van der Waals surface area contributed by atoms with Crippen molar-refractivity contribution in [2.24, 2.45) is 5.92 Å². The van der Waals surface area contributed by atoms with Gasteiger partial charge in [-0.05, 0) is 30.9 Å². The molecule has 0 aliphatic rings. The fraction of sp³-hybridized carbons (Fsp3) is 0.462. The normalized spacial score (nSPS) is 11.9. The van der Waals surface area contributed by atoms with E-state index >= 15 is 0 Å². The second-order valence-electron chi connectivity index (χ2n) is 4.61. The number of rotatable bonds is 7. The van der Waals surface area contributed by atoms with Crippen LogP contribution in [-0.2, 0) is 0 Å². The maximum atomic E-state index is 13.1. The highest BCUT2D eigenvalue weighted by Gasteiger charge is 2.17. The molecule has 0 fully saturated rings. The van der Waals surface area contributed by atoms with Gasteiger partial charge in [0.25, 0.3) is 5.91 Å². The van der Waals surface area contributed by atoms with Gasteiger partial charge in [0, 0.05) is 24.8 Å². The summed E-state index contributed by atoms with van der Waals surface area (Å²) in [7, 11) is 0. The molecule has 2 N–H and O–H groups in total. The van der Waals surface area contributed by atoms with Crippen molar-refractivity contribution in [3.05, 3.63) is 39.7 Å². The lowest BCUT2D eigenvalue weighted by atomic mass is 10.1. The zero-order valence-electron chi connectivity index (χ0n) is 11.1. The Morgan fingerprint density at radius 3 is 2.85 bits per heavy atom. The third-order valence-electron chi connectivity index (χ3n) is 2.88. The summed E-state index contributed by atoms with van der Waals surface area (Å²) in [5.41, 5.74) is -0.667. The van der Waals surface area contributed by atoms with E-state index in [2.05, 4.69) is 5.32 Å². The quantitative estimate of drug-likeness (QED) is 0.454. The van der Waals surface area contributed by atoms with Gasteiger partial charge in [0.1, 0.15) is 0 Å². The third-order valence-corrected chi connectivity index (χ3v) is 2.88. The van der Waals surface area contributed by atoms with E-state index in [9.17, 15) is 19.3 Å². The van der Waals surface area contributed by atoms with Gasteiger partial charge in [0.05, 0.1) is 4.92 Å². The molecule has 1 atom stereocenters. The lowest BCUT2D eigenvalue weighted by Crippen LogP contribution is -2.25. The molecule has 0 aromatic heterocycles. The summed E-state index contributed by atoms with van der Waals surface area (Å²) in [6.07, 6.45) is 1.46. The summed E-state index contributed by atoms with van der Waals surface area (Å²) in [5, 5.41) is 22.0. The zero-order chi connectivity index (χ0) is 15.1. The first-order valence-corrected chi connectivity index (χ1v) is 6.28. The Balaban J connectivity index is 2.56. The minimum absolute atomic E-state index is 0.0494. The molecule has 1 rings (SSSR count). The van der Waals surface area contributed by atoms with Crippen molar-refractivity contribution in [2.75, 3.05) is 13.2 Å². The van der Waals surface area contributed by atoms with E-state index in [1.807, 2.05) is 6.92 Å². The number of aliphatic hydroxyl groups is 1. The molecular formula is C13H17FN2O4. The molecule has 0 radical (unpaired) electrons. The van der Waals surface area contributed by atoms with Crippen molar-refractivity contribution >= 4 is 11.6 Å². The summed E-state index contributed by atoms with van der Waals surface area (Å²) in [4.78, 5) is 21.4. The van der Waals surface area contributed by atoms with E-state index in [0.717, 1.165) is 18.6 Å². The first-order chi connectivity index (χ1) is 9.45. The van der Waals surface area contributed by atoms with Gasteiger partial charge in [-0.25, -0.2) is 0 Å². The molecule has 0 aliphatic heterocycles. The molecule has 0 aliphatic carbocycles. The zero-order valence-corrected chi connectivity index (χ0v) is 11.1. The molecule has 1 unspecified atom stereocenters. The maximum Gasteiger partial charge on any atom is 0.305 e. The first-order valence-electron chi connectivity index (χ1n) is 6.28. The fourth-order valence-electron chi connectivity index (χ4n) is 1.64. The molecule has 7 heteroatoms. The summed E-state index contributed by atoms with van der Waals surface area (Å²) in [5.74, 6) is -1.29. The summed E-state index contributed by atoms with van der Waals surface area (Å²) in [6, 6.07) is 3.02. The second kappa shape index (κ2) is 7.54. The van der Waals surface area contributed by atoms with Crippen LogP contribution in [0, 0.1) is 21.8 Å². The number of benzene rings is 1. The average Bonchev–Trinajstić information content (AvgIpc) is 2.43. The molecule has 110 valence electrons. The van der Waals surface area contributed by atoms with Crippen molar-refractivity contribution in [3.8, 4) is 0 Å². The largest absolute Gasteiger partial charge is 0.396 e. The lowest BCUT2D eigenvalue weighted by Gasteiger charge is -2.08. The van der Waals surface area contributed by atoms with E-state index < -0.39 is 22.3 Å². The van der Waals surface area contributed by atoms with Gasteiger partial charge in [-0.15, -0.1) is 0 Å². The molecule has 1 amide bonds. The van der Waals surface area contributed by atoms with E-state index in [1.165, 1.54) is 6.07 Å². The number of amides is 1. The van der Waals surface area contributed by atoms with Crippen LogP contribution in [0.4, 0.5) is 10.1 Å². The van der Waals surface area contributed by atoms with Gasteiger partial charge >= 0.3 is 5.69 Å². The van der Waals surface area contributed by atoms with Crippen molar-refractivity contribution in [1.82, 2.24) is 5.32 Å². The van der Waals surface area contributed by atoms with Gasteiger partial charge < -0.3 is 10.4 Å². The van der Waals surface area contributed by atoms with E-state index in [4.69, 9.17) is 5.11 Å². The van der Waals surface area contributed by atoms with E-state index in [0.29, 0.717) is 13.0 Å². The summed E-state index contributed by atoms with van der Waals surface area (Å²) in [6.45, 7) is 2.39. The Labute approximate surface area is 115 Å². The standard InChI is InChI=1S/C13H17FN2O4/c1-9(8-17)3-2-6-15-13(18)10-4-5-11(14)12(7-10)16(19)20/h4-5,7,9,17H,2-3,6,8H2,1H3,(H,15,18). The van der Waals surface area contributed by atoms with Crippen molar-refractivity contribution < 1.29 is 19.2 Å². The Morgan fingerprint density at radius 1 is 1.55 bits per heavy atom. The van der Waals surface area contributed by atoms with Gasteiger partial charge in [-0.1, -0.05) is 6.92 Å². The molecular weight excluding hydrogens is 267 g/mol. The molecule has 1 aromatic carbocycles. The van der Waals surface area contributed by atoms with Crippen LogP contribution in [0.15, 0.2) is 18.2 Å². The number of nitro benzene ring substituents is 1. The van der Waals surface area contributed by atoms with Crippen molar-refractivity contribution in [2.45, 2.75) is 19.8 Å². The van der Waals surface area contributed by atoms with Crippen LogP contribution in [0.5, 0.6) is 0 Å². The highest BCUT2D eigenvalue weighted by Crippen LogP contribution is 2.18. The average molecular weight is 284 g/mol. The molecule has 6 nitrogen and oxygen atoms in total. The second-order valence-corrected chi connectivity index (χ2v) is 4.61. The SMILES string of the molecule is CC(CO)CCCNC(=O)c1ccc(F)c([N+](=O)[O-])c1. The molecule has 0 saturated heterocycles. The predicted molar refractivity (Wildman–Crippen MR) is 70.9 cm³/mol. The number of carbonyl (C=O) groups excluding carboxylic acids is 1. The Bertz CT molecular complexity index is 493. The minimum Gasteiger partial charge on any atom is -0.396 e. The molecule has 0 heterocycles. The third kappa shape index (κ3) is 4.58. The number of halogens is 1. The number of nitrogens with one attached hydrogen (secondary N) is 1. The summed E-state index contributed by atoms with van der Waals surface area (Å²) < 4.78 is 13.1. The number of nitrogens with zero attached hydrogens (tertiary/aromatic N) is 1. The predicted octanol–water partition coefficient (Wildman–Crippen LogP) is 1.87. The number of hydrogen-bond acceptors (Lipinski definition) is 4. The van der Waals surface area contributed by atoms with Crippen molar-refractivity contribution in [3.63, 3.8) is 0 Å². The maximum absolute atomic E-state index is 13.1. The van der Waals surface area contributed by atoms with Gasteiger partial charge in [-0.2, -0.15) is 4.39 Å². The highest BCUT2D eigenvalue weighted by atomic mass is 19.1. The smallest absolute Gasteiger partial charge is 0.305 e. The van der Waals surface area contributed by atoms with E-state index in [1.54, 1.807) is 0 Å². The van der Waals surface area contributed by atoms with Crippen LogP contribution < -0.4 is 5.32 Å². The Morgan fingerprint density at radius 2 is 2.25 bits per heavy atom. The number of hydrogen-bond donors (Lipinski definition) is 2. The fourth-order valence-corrected chi connectivity index (χ4v) is 1.64. The number of nitro groups is 1. The molecule has 0 bridgehead atoms. The van der Waals surface area contributed by atoms with Gasteiger partial charge in [-0.3, -0.25) is 14.9 Å². The van der Waals surface area contributed by atoms with Crippen LogP contribution >= 0.6 is 0 Å². The first kappa shape index (κ1) is 16.0. The highest BCUT2D eigenvalue weighted by molar-refractivity contribution is 5.94. The summed E-state index contributed by atoms with van der Waals surface area (Å²) >= 11 is 0. The van der Waals surface area contributed by atoms with E-state index in [-0.39, 0.29) is 18.1 Å². The molecule has 1 aromatic rings. The lowest BCUT2D eigenvalue weighted by molar-refractivity contribution is -0.387. The van der Waals surface area contributed by atoms with Gasteiger partial charge in [0.2, 0.25) is 5.82 Å². The topological polar surface area (TPSA) is 92.5 Å². The van der Waals surface area contributed by atoms with Crippen molar-refractivity contribution in [1.29, 1.82) is 0 Å². The van der Waals surface area contributed by atoms with Crippen LogP contribution in [0.2, 0.25) is 0 Å². The molecule has 0 saturated carbocycles. The van der Waals surface area contributed by atoms with Crippen LogP contribution in [0.25, 0.3) is 0 Å². The molecule has 20 heavy (non-hydrogen) atoms. The Kier molecular flexibility index (Phi) is 6.05. The monoisotopic (exact) mass is 284 g/mol. The van der Waals surface area contributed by atoms with Crippen LogP contribution in [0.1, 0.15) is 30.1 Å². The van der Waals surface area contributed by atoms with Crippen LogP contribution in [-0.4, -0.2) is 29.1 Å². The number of aliphatic hydroxyl groups excluding tert-OH is 1. The molecule has 0 spiro atoms. The minimum atomic E-state index is -0.969. The Hall–Kier alpha value is -2.02.